The smallest absolute Gasteiger partial charge is 0.326 e. The van der Waals surface area contributed by atoms with E-state index in [1.807, 2.05) is 0 Å². The fourth-order valence-corrected chi connectivity index (χ4v) is 4.03. The van der Waals surface area contributed by atoms with Crippen LogP contribution in [0.4, 0.5) is 4.39 Å². The number of nitrogens with zero attached hydrogens (tertiary/aromatic N) is 1. The number of likely N-dealkylation sites (tertiary alicyclic amines) is 1. The molecule has 0 aromatic heterocycles. The van der Waals surface area contributed by atoms with Crippen LogP contribution in [0.25, 0.3) is 0 Å². The van der Waals surface area contributed by atoms with Crippen molar-refractivity contribution in [2.75, 3.05) is 13.2 Å². The molecule has 23 heavy (non-hydrogen) atoms. The summed E-state index contributed by atoms with van der Waals surface area (Å²) < 4.78 is 19.5. The Hall–Kier alpha value is -1.63. The Bertz CT molecular complexity index is 639. The summed E-state index contributed by atoms with van der Waals surface area (Å²) in [6.45, 7) is 0.0917. The van der Waals surface area contributed by atoms with Crippen LogP contribution in [-0.2, 0) is 9.59 Å². The second-order valence-electron chi connectivity index (χ2n) is 6.05. The molecule has 0 radical (unpaired) electrons. The highest BCUT2D eigenvalue weighted by Gasteiger charge is 2.49. The van der Waals surface area contributed by atoms with E-state index in [1.165, 1.54) is 17.0 Å². The van der Waals surface area contributed by atoms with Crippen molar-refractivity contribution in [1.29, 1.82) is 0 Å². The van der Waals surface area contributed by atoms with Crippen LogP contribution in [0.1, 0.15) is 19.3 Å². The molecule has 1 heterocycles. The van der Waals surface area contributed by atoms with Gasteiger partial charge in [0.25, 0.3) is 5.91 Å². The molecule has 2 fully saturated rings. The van der Waals surface area contributed by atoms with Gasteiger partial charge in [0.05, 0.1) is 0 Å². The standard InChI is InChI=1S/C16H17BrFNO4/c17-10-4-5-13(12(18)6-10)23-8-14(20)19-7-9-2-1-3-11(9)15(19)16(21)22/h4-6,9,11,15H,1-3,7-8H2,(H,21,22). The Morgan fingerprint density at radius 2 is 2.17 bits per heavy atom. The van der Waals surface area contributed by atoms with E-state index in [2.05, 4.69) is 15.9 Å². The van der Waals surface area contributed by atoms with E-state index in [4.69, 9.17) is 4.74 Å². The van der Waals surface area contributed by atoms with Gasteiger partial charge in [0.2, 0.25) is 0 Å². The van der Waals surface area contributed by atoms with Gasteiger partial charge in [0.15, 0.2) is 18.2 Å². The molecule has 3 rings (SSSR count). The molecule has 0 bridgehead atoms. The minimum absolute atomic E-state index is 0.0205. The van der Waals surface area contributed by atoms with Gasteiger partial charge in [-0.05, 0) is 42.9 Å². The SMILES string of the molecule is O=C(O)C1C2CCCC2CN1C(=O)COc1ccc(Br)cc1F. The van der Waals surface area contributed by atoms with Crippen molar-refractivity contribution >= 4 is 27.8 Å². The first-order chi connectivity index (χ1) is 11.0. The molecule has 1 aliphatic heterocycles. The summed E-state index contributed by atoms with van der Waals surface area (Å²) in [5, 5.41) is 9.44. The minimum Gasteiger partial charge on any atom is -0.481 e. The number of amides is 1. The highest BCUT2D eigenvalue weighted by atomic mass is 79.9. The van der Waals surface area contributed by atoms with Gasteiger partial charge in [-0.25, -0.2) is 9.18 Å². The fraction of sp³-hybridized carbons (Fsp3) is 0.500. The molecule has 1 amide bonds. The van der Waals surface area contributed by atoms with Crippen molar-refractivity contribution in [3.8, 4) is 5.75 Å². The number of fused-ring (bicyclic) bond motifs is 1. The van der Waals surface area contributed by atoms with Gasteiger partial charge in [-0.3, -0.25) is 4.79 Å². The van der Waals surface area contributed by atoms with E-state index in [0.29, 0.717) is 11.0 Å². The number of carbonyl (C=O) groups excluding carboxylic acids is 1. The zero-order valence-electron chi connectivity index (χ0n) is 12.4. The number of ether oxygens (including phenoxy) is 1. The highest BCUT2D eigenvalue weighted by molar-refractivity contribution is 9.10. The number of carboxylic acids is 1. The number of hydrogen-bond donors (Lipinski definition) is 1. The van der Waals surface area contributed by atoms with E-state index in [0.717, 1.165) is 19.3 Å². The molecule has 1 aliphatic carbocycles. The molecule has 0 spiro atoms. The van der Waals surface area contributed by atoms with Crippen LogP contribution < -0.4 is 4.74 Å². The molecule has 1 saturated carbocycles. The number of halogens is 2. The van der Waals surface area contributed by atoms with Gasteiger partial charge in [-0.15, -0.1) is 0 Å². The number of hydrogen-bond acceptors (Lipinski definition) is 3. The predicted octanol–water partition coefficient (Wildman–Crippen LogP) is 2.68. The summed E-state index contributed by atoms with van der Waals surface area (Å²) in [6.07, 6.45) is 2.82. The van der Waals surface area contributed by atoms with Crippen molar-refractivity contribution in [2.24, 2.45) is 11.8 Å². The van der Waals surface area contributed by atoms with Gasteiger partial charge in [-0.1, -0.05) is 22.4 Å². The fourth-order valence-electron chi connectivity index (χ4n) is 3.69. The first kappa shape index (κ1) is 16.2. The average Bonchev–Trinajstić information content (AvgIpc) is 3.05. The van der Waals surface area contributed by atoms with E-state index in [-0.39, 0.29) is 24.2 Å². The molecule has 3 unspecified atom stereocenters. The Balaban J connectivity index is 1.66. The molecular formula is C16H17BrFNO4. The van der Waals surface area contributed by atoms with Crippen LogP contribution in [0.5, 0.6) is 5.75 Å². The van der Waals surface area contributed by atoms with Crippen molar-refractivity contribution in [2.45, 2.75) is 25.3 Å². The van der Waals surface area contributed by atoms with Crippen LogP contribution in [-0.4, -0.2) is 41.1 Å². The lowest BCUT2D eigenvalue weighted by Gasteiger charge is -2.24. The summed E-state index contributed by atoms with van der Waals surface area (Å²) in [6, 6.07) is 3.51. The van der Waals surface area contributed by atoms with Crippen molar-refractivity contribution < 1.29 is 23.8 Å². The van der Waals surface area contributed by atoms with Crippen LogP contribution in [0.2, 0.25) is 0 Å². The summed E-state index contributed by atoms with van der Waals surface area (Å²) in [7, 11) is 0. The van der Waals surface area contributed by atoms with Gasteiger partial charge in [0.1, 0.15) is 6.04 Å². The lowest BCUT2D eigenvalue weighted by molar-refractivity contribution is -0.150. The maximum atomic E-state index is 13.7. The van der Waals surface area contributed by atoms with E-state index >= 15 is 0 Å². The predicted molar refractivity (Wildman–Crippen MR) is 83.6 cm³/mol. The van der Waals surface area contributed by atoms with Crippen LogP contribution in [0.3, 0.4) is 0 Å². The number of rotatable bonds is 4. The molecular weight excluding hydrogens is 369 g/mol. The Morgan fingerprint density at radius 3 is 2.87 bits per heavy atom. The quantitative estimate of drug-likeness (QED) is 0.864. The van der Waals surface area contributed by atoms with Crippen LogP contribution in [0.15, 0.2) is 22.7 Å². The first-order valence-corrected chi connectivity index (χ1v) is 8.37. The molecule has 3 atom stereocenters. The van der Waals surface area contributed by atoms with Gasteiger partial charge < -0.3 is 14.7 Å². The topological polar surface area (TPSA) is 66.8 Å². The minimum atomic E-state index is -0.970. The normalized spacial score (nSPS) is 26.2. The number of carboxylic acid groups (broad SMARTS) is 1. The summed E-state index contributed by atoms with van der Waals surface area (Å²) in [5.41, 5.74) is 0. The summed E-state index contributed by atoms with van der Waals surface area (Å²) in [5.74, 6) is -1.69. The second-order valence-corrected chi connectivity index (χ2v) is 6.96. The molecule has 1 N–H and O–H groups in total. The zero-order chi connectivity index (χ0) is 16.6. The summed E-state index contributed by atoms with van der Waals surface area (Å²) >= 11 is 3.15. The van der Waals surface area contributed by atoms with Crippen molar-refractivity contribution in [3.05, 3.63) is 28.5 Å². The van der Waals surface area contributed by atoms with Gasteiger partial charge in [0, 0.05) is 11.0 Å². The largest absolute Gasteiger partial charge is 0.481 e. The molecule has 1 saturated heterocycles. The molecule has 5 nitrogen and oxygen atoms in total. The Labute approximate surface area is 141 Å². The number of benzene rings is 1. The maximum absolute atomic E-state index is 13.7. The maximum Gasteiger partial charge on any atom is 0.326 e. The summed E-state index contributed by atoms with van der Waals surface area (Å²) in [4.78, 5) is 25.3. The Morgan fingerprint density at radius 1 is 1.39 bits per heavy atom. The molecule has 2 aliphatic rings. The molecule has 7 heteroatoms. The van der Waals surface area contributed by atoms with E-state index in [1.54, 1.807) is 6.07 Å². The first-order valence-electron chi connectivity index (χ1n) is 7.57. The third-order valence-electron chi connectivity index (χ3n) is 4.71. The lowest BCUT2D eigenvalue weighted by atomic mass is 9.94. The second kappa shape index (κ2) is 6.47. The van der Waals surface area contributed by atoms with E-state index < -0.39 is 23.7 Å². The lowest BCUT2D eigenvalue weighted by Crippen LogP contribution is -2.45. The zero-order valence-corrected chi connectivity index (χ0v) is 14.0. The third-order valence-corrected chi connectivity index (χ3v) is 5.20. The Kier molecular flexibility index (Phi) is 4.57. The van der Waals surface area contributed by atoms with Crippen LogP contribution >= 0.6 is 15.9 Å². The van der Waals surface area contributed by atoms with Gasteiger partial charge >= 0.3 is 5.97 Å². The van der Waals surface area contributed by atoms with Crippen LogP contribution in [0, 0.1) is 17.7 Å². The number of aliphatic carboxylic acids is 1. The van der Waals surface area contributed by atoms with Crippen molar-refractivity contribution in [3.63, 3.8) is 0 Å². The van der Waals surface area contributed by atoms with E-state index in [9.17, 15) is 19.1 Å². The highest BCUT2D eigenvalue weighted by Crippen LogP contribution is 2.42. The average molecular weight is 386 g/mol. The molecule has 1 aromatic carbocycles. The monoisotopic (exact) mass is 385 g/mol. The van der Waals surface area contributed by atoms with Crippen molar-refractivity contribution in [1.82, 2.24) is 4.90 Å². The molecule has 124 valence electrons. The number of carbonyl (C=O) groups is 2. The third kappa shape index (κ3) is 3.20. The molecule has 1 aromatic rings. The van der Waals surface area contributed by atoms with Gasteiger partial charge in [-0.2, -0.15) is 0 Å².